The van der Waals surface area contributed by atoms with E-state index in [9.17, 15) is 4.79 Å². The third-order valence-corrected chi connectivity index (χ3v) is 3.62. The van der Waals surface area contributed by atoms with Gasteiger partial charge in [-0.25, -0.2) is 0 Å². The molecular formula is C14H20ClN2O+. The molecule has 2 rings (SSSR count). The van der Waals surface area contributed by atoms with Gasteiger partial charge in [0, 0.05) is 11.3 Å². The van der Waals surface area contributed by atoms with Crippen LogP contribution in [0, 0.1) is 0 Å². The normalized spacial score (nSPS) is 16.5. The van der Waals surface area contributed by atoms with Crippen molar-refractivity contribution in [1.82, 2.24) is 0 Å². The fraction of sp³-hybridized carbons (Fsp3) is 0.500. The second kappa shape index (κ2) is 6.76. The maximum absolute atomic E-state index is 11.1. The number of quaternary nitrogens is 1. The summed E-state index contributed by atoms with van der Waals surface area (Å²) in [6.07, 6.45) is 4.07. The van der Waals surface area contributed by atoms with Gasteiger partial charge in [-0.05, 0) is 31.4 Å². The summed E-state index contributed by atoms with van der Waals surface area (Å²) in [7, 11) is 0. The summed E-state index contributed by atoms with van der Waals surface area (Å²) in [4.78, 5) is 12.8. The minimum Gasteiger partial charge on any atom is -0.331 e. The van der Waals surface area contributed by atoms with Crippen LogP contribution in [0.25, 0.3) is 0 Å². The number of hydrogen-bond acceptors (Lipinski definition) is 1. The van der Waals surface area contributed by atoms with E-state index in [1.807, 2.05) is 12.1 Å². The second-order valence-electron chi connectivity index (χ2n) is 4.87. The minimum atomic E-state index is -0.161. The molecule has 0 saturated carbocycles. The highest BCUT2D eigenvalue weighted by Crippen LogP contribution is 2.09. The number of piperidine rings is 1. The van der Waals surface area contributed by atoms with E-state index >= 15 is 0 Å². The van der Waals surface area contributed by atoms with E-state index in [1.54, 1.807) is 4.90 Å². The van der Waals surface area contributed by atoms with Crippen LogP contribution in [-0.4, -0.2) is 24.9 Å². The van der Waals surface area contributed by atoms with Crippen LogP contribution in [0.1, 0.15) is 24.8 Å². The molecule has 1 fully saturated rings. The number of hydrogen-bond donors (Lipinski definition) is 2. The van der Waals surface area contributed by atoms with Crippen molar-refractivity contribution < 1.29 is 9.69 Å². The molecule has 1 saturated heterocycles. The molecule has 3 nitrogen and oxygen atoms in total. The summed E-state index contributed by atoms with van der Waals surface area (Å²) in [6.45, 7) is 3.65. The molecule has 0 atom stereocenters. The summed E-state index contributed by atoms with van der Waals surface area (Å²) in [5.41, 5.74) is 2.15. The first-order chi connectivity index (χ1) is 8.78. The van der Waals surface area contributed by atoms with E-state index in [0.717, 1.165) is 12.2 Å². The van der Waals surface area contributed by atoms with Crippen LogP contribution in [0.4, 0.5) is 5.69 Å². The van der Waals surface area contributed by atoms with Gasteiger partial charge in [0.25, 0.3) is 0 Å². The summed E-state index contributed by atoms with van der Waals surface area (Å²) < 4.78 is 0. The smallest absolute Gasteiger partial charge is 0.239 e. The van der Waals surface area contributed by atoms with Crippen molar-refractivity contribution >= 4 is 23.2 Å². The van der Waals surface area contributed by atoms with E-state index < -0.39 is 0 Å². The first-order valence-electron chi connectivity index (χ1n) is 6.56. The molecule has 0 aromatic heterocycles. The van der Waals surface area contributed by atoms with Crippen molar-refractivity contribution in [2.45, 2.75) is 25.8 Å². The number of benzene rings is 1. The van der Waals surface area contributed by atoms with Crippen molar-refractivity contribution in [2.24, 2.45) is 0 Å². The summed E-state index contributed by atoms with van der Waals surface area (Å²) in [5.74, 6) is -0.161. The third kappa shape index (κ3) is 4.00. The monoisotopic (exact) mass is 267 g/mol. The molecule has 1 amide bonds. The Labute approximate surface area is 113 Å². The van der Waals surface area contributed by atoms with Gasteiger partial charge >= 0.3 is 0 Å². The van der Waals surface area contributed by atoms with Gasteiger partial charge in [-0.1, -0.05) is 12.1 Å². The van der Waals surface area contributed by atoms with E-state index in [2.05, 4.69) is 17.4 Å². The molecule has 98 valence electrons. The van der Waals surface area contributed by atoms with Gasteiger partial charge in [0.05, 0.1) is 13.1 Å². The van der Waals surface area contributed by atoms with Crippen molar-refractivity contribution in [3.8, 4) is 0 Å². The predicted molar refractivity (Wildman–Crippen MR) is 74.0 cm³/mol. The number of halogens is 1. The van der Waals surface area contributed by atoms with Crippen LogP contribution in [0.5, 0.6) is 0 Å². The van der Waals surface area contributed by atoms with Gasteiger partial charge in [-0.2, -0.15) is 0 Å². The van der Waals surface area contributed by atoms with E-state index in [4.69, 9.17) is 11.6 Å². The lowest BCUT2D eigenvalue weighted by Crippen LogP contribution is -3.11. The molecule has 0 unspecified atom stereocenters. The molecule has 0 radical (unpaired) electrons. The average molecular weight is 268 g/mol. The number of amides is 1. The maximum atomic E-state index is 11.1. The summed E-state index contributed by atoms with van der Waals surface area (Å²) >= 11 is 5.45. The lowest BCUT2D eigenvalue weighted by molar-refractivity contribution is -0.918. The molecule has 0 aliphatic carbocycles. The molecule has 2 N–H and O–H groups in total. The van der Waals surface area contributed by atoms with Gasteiger partial charge in [0.2, 0.25) is 5.91 Å². The minimum absolute atomic E-state index is 0.000320. The standard InChI is InChI=1S/C14H19ClN2O/c15-10-14(18)16-13-6-4-12(5-7-13)11-17-8-2-1-3-9-17/h4-7H,1-3,8-11H2,(H,16,18)/p+1. The molecule has 1 aromatic rings. The molecule has 4 heteroatoms. The van der Waals surface area contributed by atoms with Crippen molar-refractivity contribution in [1.29, 1.82) is 0 Å². The quantitative estimate of drug-likeness (QED) is 0.795. The molecular weight excluding hydrogens is 248 g/mol. The lowest BCUT2D eigenvalue weighted by atomic mass is 10.1. The number of carbonyl (C=O) groups is 1. The van der Waals surface area contributed by atoms with Crippen LogP contribution in [0.2, 0.25) is 0 Å². The van der Waals surface area contributed by atoms with Crippen LogP contribution < -0.4 is 10.2 Å². The summed E-state index contributed by atoms with van der Waals surface area (Å²) in [6, 6.07) is 8.07. The van der Waals surface area contributed by atoms with E-state index in [0.29, 0.717) is 0 Å². The van der Waals surface area contributed by atoms with Gasteiger partial charge in [0.15, 0.2) is 0 Å². The fourth-order valence-corrected chi connectivity index (χ4v) is 2.48. The second-order valence-corrected chi connectivity index (χ2v) is 5.13. The highest BCUT2D eigenvalue weighted by molar-refractivity contribution is 6.29. The molecule has 1 heterocycles. The fourth-order valence-electron chi connectivity index (χ4n) is 2.42. The summed E-state index contributed by atoms with van der Waals surface area (Å²) in [5, 5.41) is 2.74. The zero-order chi connectivity index (χ0) is 12.8. The Kier molecular flexibility index (Phi) is 5.02. The zero-order valence-corrected chi connectivity index (χ0v) is 11.3. The van der Waals surface area contributed by atoms with Crippen LogP contribution in [-0.2, 0) is 11.3 Å². The highest BCUT2D eigenvalue weighted by atomic mass is 35.5. The molecule has 1 aliphatic rings. The Morgan fingerprint density at radius 1 is 1.17 bits per heavy atom. The van der Waals surface area contributed by atoms with Crippen LogP contribution in [0.15, 0.2) is 24.3 Å². The first kappa shape index (κ1) is 13.4. The largest absolute Gasteiger partial charge is 0.331 e. The van der Waals surface area contributed by atoms with Crippen molar-refractivity contribution in [3.05, 3.63) is 29.8 Å². The van der Waals surface area contributed by atoms with Crippen molar-refractivity contribution in [3.63, 3.8) is 0 Å². The molecule has 1 aliphatic heterocycles. The Bertz CT molecular complexity index is 385. The van der Waals surface area contributed by atoms with Gasteiger partial charge in [0.1, 0.15) is 12.4 Å². The predicted octanol–water partition coefficient (Wildman–Crippen LogP) is 1.43. The van der Waals surface area contributed by atoms with Crippen LogP contribution in [0.3, 0.4) is 0 Å². The first-order valence-corrected chi connectivity index (χ1v) is 7.10. The third-order valence-electron chi connectivity index (χ3n) is 3.37. The zero-order valence-electron chi connectivity index (χ0n) is 10.5. The maximum Gasteiger partial charge on any atom is 0.239 e. The Morgan fingerprint density at radius 3 is 2.44 bits per heavy atom. The Morgan fingerprint density at radius 2 is 1.83 bits per heavy atom. The highest BCUT2D eigenvalue weighted by Gasteiger charge is 2.13. The Balaban J connectivity index is 1.88. The number of rotatable bonds is 4. The number of carbonyl (C=O) groups excluding carboxylic acids is 1. The number of alkyl halides is 1. The number of nitrogens with one attached hydrogen (secondary N) is 2. The SMILES string of the molecule is O=C(CCl)Nc1ccc(C[NH+]2CCCCC2)cc1. The molecule has 0 spiro atoms. The molecule has 1 aromatic carbocycles. The Hall–Kier alpha value is -1.06. The number of likely N-dealkylation sites (tertiary alicyclic amines) is 1. The average Bonchev–Trinajstić information content (AvgIpc) is 2.42. The van der Waals surface area contributed by atoms with Gasteiger partial charge in [-0.15, -0.1) is 11.6 Å². The number of anilines is 1. The van der Waals surface area contributed by atoms with Crippen molar-refractivity contribution in [2.75, 3.05) is 24.3 Å². The van der Waals surface area contributed by atoms with E-state index in [1.165, 1.54) is 37.9 Å². The van der Waals surface area contributed by atoms with Crippen LogP contribution >= 0.6 is 11.6 Å². The topological polar surface area (TPSA) is 33.5 Å². The van der Waals surface area contributed by atoms with E-state index in [-0.39, 0.29) is 11.8 Å². The van der Waals surface area contributed by atoms with Gasteiger partial charge < -0.3 is 10.2 Å². The molecule has 18 heavy (non-hydrogen) atoms. The van der Waals surface area contributed by atoms with Gasteiger partial charge in [-0.3, -0.25) is 4.79 Å². The lowest BCUT2D eigenvalue weighted by Gasteiger charge is -2.23. The molecule has 0 bridgehead atoms.